The van der Waals surface area contributed by atoms with Gasteiger partial charge < -0.3 is 15.4 Å². The summed E-state index contributed by atoms with van der Waals surface area (Å²) in [5.74, 6) is 0.421. The molecule has 2 amide bonds. The van der Waals surface area contributed by atoms with Crippen molar-refractivity contribution >= 4 is 22.7 Å². The summed E-state index contributed by atoms with van der Waals surface area (Å²) in [6, 6.07) is 12.1. The Balaban J connectivity index is 1.67. The maximum Gasteiger partial charge on any atom is 0.266 e. The van der Waals surface area contributed by atoms with Gasteiger partial charge >= 0.3 is 0 Å². The van der Waals surface area contributed by atoms with Crippen molar-refractivity contribution in [1.82, 2.24) is 14.5 Å². The Morgan fingerprint density at radius 1 is 1.21 bits per heavy atom. The first-order chi connectivity index (χ1) is 15.9. The molecule has 3 aromatic rings. The van der Waals surface area contributed by atoms with Crippen LogP contribution in [0.2, 0.25) is 0 Å². The molecule has 170 valence electrons. The average molecular weight is 447 g/mol. The number of hydrogen-bond donors (Lipinski definition) is 1. The van der Waals surface area contributed by atoms with Crippen LogP contribution in [0.1, 0.15) is 29.0 Å². The van der Waals surface area contributed by atoms with Gasteiger partial charge in [-0.1, -0.05) is 18.7 Å². The predicted molar refractivity (Wildman–Crippen MR) is 126 cm³/mol. The number of aromatic nitrogens is 2. The summed E-state index contributed by atoms with van der Waals surface area (Å²) in [7, 11) is 0. The van der Waals surface area contributed by atoms with Gasteiger partial charge in [-0.2, -0.15) is 0 Å². The van der Waals surface area contributed by atoms with E-state index >= 15 is 0 Å². The fourth-order valence-electron chi connectivity index (χ4n) is 4.15. The number of primary amides is 1. The normalized spacial score (nSPS) is 14.3. The molecule has 1 aliphatic heterocycles. The molecule has 2 heterocycles. The summed E-state index contributed by atoms with van der Waals surface area (Å²) in [5, 5.41) is 0.424. The van der Waals surface area contributed by atoms with Crippen molar-refractivity contribution in [2.75, 3.05) is 19.7 Å². The highest BCUT2D eigenvalue weighted by Crippen LogP contribution is 2.21. The minimum Gasteiger partial charge on any atom is -0.490 e. The van der Waals surface area contributed by atoms with Gasteiger partial charge in [0.2, 0.25) is 5.91 Å². The first kappa shape index (κ1) is 22.3. The molecule has 2 N–H and O–H groups in total. The maximum absolute atomic E-state index is 13.4. The van der Waals surface area contributed by atoms with Crippen LogP contribution in [0.3, 0.4) is 0 Å². The molecule has 0 bridgehead atoms. The van der Waals surface area contributed by atoms with Crippen molar-refractivity contribution in [2.24, 2.45) is 11.7 Å². The number of carbonyl (C=O) groups excluding carboxylic acids is 2. The topological polar surface area (TPSA) is 108 Å². The molecular weight excluding hydrogens is 420 g/mol. The molecule has 2 aromatic carbocycles. The Kier molecular flexibility index (Phi) is 6.26. The highest BCUT2D eigenvalue weighted by atomic mass is 16.5. The zero-order valence-electron chi connectivity index (χ0n) is 18.5. The average Bonchev–Trinajstić information content (AvgIpc) is 2.82. The van der Waals surface area contributed by atoms with E-state index in [1.54, 1.807) is 60.4 Å². The van der Waals surface area contributed by atoms with Crippen LogP contribution >= 0.6 is 0 Å². The third-order valence-electron chi connectivity index (χ3n) is 5.91. The van der Waals surface area contributed by atoms with Gasteiger partial charge in [0.05, 0.1) is 16.6 Å². The largest absolute Gasteiger partial charge is 0.490 e. The van der Waals surface area contributed by atoms with Crippen molar-refractivity contribution in [3.63, 3.8) is 0 Å². The third-order valence-corrected chi connectivity index (χ3v) is 5.91. The fourth-order valence-corrected chi connectivity index (χ4v) is 4.15. The number of amides is 2. The maximum atomic E-state index is 13.4. The summed E-state index contributed by atoms with van der Waals surface area (Å²) in [4.78, 5) is 44.1. The van der Waals surface area contributed by atoms with Crippen LogP contribution in [0, 0.1) is 12.8 Å². The first-order valence-electron chi connectivity index (χ1n) is 10.8. The molecule has 0 unspecified atom stereocenters. The molecule has 1 fully saturated rings. The van der Waals surface area contributed by atoms with E-state index in [9.17, 15) is 14.4 Å². The van der Waals surface area contributed by atoms with E-state index < -0.39 is 0 Å². The number of nitrogens with zero attached hydrogens (tertiary/aromatic N) is 3. The quantitative estimate of drug-likeness (QED) is 0.586. The molecule has 4 rings (SSSR count). The number of carbonyl (C=O) groups is 2. The monoisotopic (exact) mass is 446 g/mol. The Morgan fingerprint density at radius 3 is 2.67 bits per heavy atom. The van der Waals surface area contributed by atoms with Crippen LogP contribution in [0.4, 0.5) is 0 Å². The van der Waals surface area contributed by atoms with Gasteiger partial charge in [-0.3, -0.25) is 19.0 Å². The summed E-state index contributed by atoms with van der Waals surface area (Å²) in [5.41, 5.74) is 6.75. The Labute approximate surface area is 191 Å². The molecule has 0 aliphatic carbocycles. The Morgan fingerprint density at radius 2 is 1.97 bits per heavy atom. The fraction of sp³-hybridized carbons (Fsp3) is 0.280. The van der Waals surface area contributed by atoms with E-state index in [2.05, 4.69) is 11.6 Å². The molecule has 33 heavy (non-hydrogen) atoms. The van der Waals surface area contributed by atoms with Gasteiger partial charge in [0.15, 0.2) is 0 Å². The molecule has 0 saturated carbocycles. The second kappa shape index (κ2) is 9.28. The van der Waals surface area contributed by atoms with Gasteiger partial charge in [0.1, 0.15) is 18.2 Å². The number of hydrogen-bond acceptors (Lipinski definition) is 5. The first-order valence-corrected chi connectivity index (χ1v) is 10.8. The van der Waals surface area contributed by atoms with Crippen LogP contribution in [-0.2, 0) is 4.79 Å². The number of likely N-dealkylation sites (tertiary alicyclic amines) is 1. The minimum atomic E-state index is -0.319. The Bertz CT molecular complexity index is 1290. The molecule has 0 atom stereocenters. The van der Waals surface area contributed by atoms with Gasteiger partial charge in [-0.25, -0.2) is 4.98 Å². The van der Waals surface area contributed by atoms with Crippen LogP contribution in [0.25, 0.3) is 16.6 Å². The van der Waals surface area contributed by atoms with Crippen molar-refractivity contribution in [3.05, 3.63) is 76.9 Å². The highest BCUT2D eigenvalue weighted by Gasteiger charge is 2.26. The SMILES string of the molecule is C=CCOc1ccc2nc(C)n(-c3cccc(C(=O)N4CCC(C(N)=O)CC4)c3)c(=O)c2c1. The van der Waals surface area contributed by atoms with Crippen molar-refractivity contribution in [2.45, 2.75) is 19.8 Å². The predicted octanol–water partition coefficient (Wildman–Crippen LogP) is 2.60. The summed E-state index contributed by atoms with van der Waals surface area (Å²) >= 11 is 0. The van der Waals surface area contributed by atoms with E-state index in [4.69, 9.17) is 10.5 Å². The number of piperidine rings is 1. The number of nitrogens with two attached hydrogens (primary N) is 1. The Hall–Kier alpha value is -3.94. The third kappa shape index (κ3) is 4.50. The molecule has 0 spiro atoms. The van der Waals surface area contributed by atoms with Crippen LogP contribution < -0.4 is 16.0 Å². The van der Waals surface area contributed by atoms with Crippen LogP contribution in [0.15, 0.2) is 59.9 Å². The van der Waals surface area contributed by atoms with E-state index in [1.807, 2.05) is 0 Å². The smallest absolute Gasteiger partial charge is 0.266 e. The number of rotatable bonds is 6. The second-order valence-corrected chi connectivity index (χ2v) is 8.10. The van der Waals surface area contributed by atoms with Gasteiger partial charge in [-0.15, -0.1) is 0 Å². The molecule has 0 radical (unpaired) electrons. The second-order valence-electron chi connectivity index (χ2n) is 8.10. The molecular formula is C25H26N4O4. The van der Waals surface area contributed by atoms with E-state index in [-0.39, 0.29) is 23.3 Å². The number of ether oxygens (including phenoxy) is 1. The zero-order valence-corrected chi connectivity index (χ0v) is 18.5. The lowest BCUT2D eigenvalue weighted by Gasteiger charge is -2.30. The van der Waals surface area contributed by atoms with Crippen LogP contribution in [0.5, 0.6) is 5.75 Å². The lowest BCUT2D eigenvalue weighted by Crippen LogP contribution is -2.41. The number of aryl methyl sites for hydroxylation is 1. The van der Waals surface area contributed by atoms with Gasteiger partial charge in [-0.05, 0) is 56.2 Å². The zero-order chi connectivity index (χ0) is 23.5. The highest BCUT2D eigenvalue weighted by molar-refractivity contribution is 5.95. The summed E-state index contributed by atoms with van der Waals surface area (Å²) in [6.07, 6.45) is 2.75. The molecule has 1 saturated heterocycles. The van der Waals surface area contributed by atoms with E-state index in [1.165, 1.54) is 4.57 Å². The number of fused-ring (bicyclic) bond motifs is 1. The molecule has 1 aromatic heterocycles. The standard InChI is InChI=1S/C25H26N4O4/c1-3-13-33-20-7-8-22-21(15-20)25(32)29(16(2)27-22)19-6-4-5-18(14-19)24(31)28-11-9-17(10-12-28)23(26)30/h3-8,14-15,17H,1,9-13H2,2H3,(H2,26,30). The minimum absolute atomic E-state index is 0.140. The molecule has 8 heteroatoms. The van der Waals surface area contributed by atoms with Gasteiger partial charge in [0.25, 0.3) is 11.5 Å². The van der Waals surface area contributed by atoms with Crippen molar-refractivity contribution in [3.8, 4) is 11.4 Å². The van der Waals surface area contributed by atoms with Gasteiger partial charge in [0, 0.05) is 24.6 Å². The lowest BCUT2D eigenvalue weighted by atomic mass is 9.96. The summed E-state index contributed by atoms with van der Waals surface area (Å²) in [6.45, 7) is 6.67. The number of benzene rings is 2. The molecule has 1 aliphatic rings. The lowest BCUT2D eigenvalue weighted by molar-refractivity contribution is -0.123. The van der Waals surface area contributed by atoms with Crippen molar-refractivity contribution in [1.29, 1.82) is 0 Å². The molecule has 8 nitrogen and oxygen atoms in total. The van der Waals surface area contributed by atoms with E-state index in [0.29, 0.717) is 66.3 Å². The van der Waals surface area contributed by atoms with Crippen LogP contribution in [-0.4, -0.2) is 46.0 Å². The summed E-state index contributed by atoms with van der Waals surface area (Å²) < 4.78 is 7.06. The van der Waals surface area contributed by atoms with E-state index in [0.717, 1.165) is 0 Å². The van der Waals surface area contributed by atoms with Crippen molar-refractivity contribution < 1.29 is 14.3 Å².